The molecule has 0 atom stereocenters. The molecule has 0 saturated carbocycles. The molecule has 1 amide bonds. The molecule has 0 bridgehead atoms. The van der Waals surface area contributed by atoms with E-state index in [1.807, 2.05) is 24.3 Å². The number of benzene rings is 1. The number of hydrogen-bond donors (Lipinski definition) is 2. The summed E-state index contributed by atoms with van der Waals surface area (Å²) in [5.41, 5.74) is 7.76. The predicted molar refractivity (Wildman–Crippen MR) is 76.7 cm³/mol. The van der Waals surface area contributed by atoms with Gasteiger partial charge in [-0.1, -0.05) is 39.3 Å². The number of rotatable bonds is 6. The summed E-state index contributed by atoms with van der Waals surface area (Å²) >= 11 is 0. The van der Waals surface area contributed by atoms with Gasteiger partial charge in [-0.15, -0.1) is 0 Å². The largest absolute Gasteiger partial charge is 0.330 e. The van der Waals surface area contributed by atoms with Gasteiger partial charge < -0.3 is 11.1 Å². The van der Waals surface area contributed by atoms with E-state index in [1.54, 1.807) is 0 Å². The Morgan fingerprint density at radius 2 is 1.89 bits per heavy atom. The van der Waals surface area contributed by atoms with Gasteiger partial charge in [0.2, 0.25) is 5.91 Å². The Bertz CT molecular complexity index is 382. The minimum atomic E-state index is -0.0231. The van der Waals surface area contributed by atoms with Gasteiger partial charge in [0.15, 0.2) is 0 Å². The first-order valence-electron chi connectivity index (χ1n) is 6.60. The maximum atomic E-state index is 11.6. The van der Waals surface area contributed by atoms with Gasteiger partial charge in [-0.2, -0.15) is 0 Å². The van der Waals surface area contributed by atoms with E-state index in [4.69, 9.17) is 5.73 Å². The van der Waals surface area contributed by atoms with Crippen molar-refractivity contribution in [2.45, 2.75) is 45.4 Å². The van der Waals surface area contributed by atoms with Crippen molar-refractivity contribution in [3.8, 4) is 0 Å². The first-order valence-corrected chi connectivity index (χ1v) is 6.60. The van der Waals surface area contributed by atoms with Gasteiger partial charge in [0.1, 0.15) is 0 Å². The van der Waals surface area contributed by atoms with Crippen LogP contribution in [-0.2, 0) is 10.2 Å². The van der Waals surface area contributed by atoms with E-state index in [1.165, 1.54) is 5.56 Å². The number of anilines is 1. The van der Waals surface area contributed by atoms with Gasteiger partial charge in [0, 0.05) is 24.1 Å². The minimum absolute atomic E-state index is 0.0231. The third-order valence-corrected chi connectivity index (χ3v) is 3.22. The van der Waals surface area contributed by atoms with Crippen molar-refractivity contribution >= 4 is 11.6 Å². The number of hydrogen-bond acceptors (Lipinski definition) is 2. The van der Waals surface area contributed by atoms with Gasteiger partial charge in [-0.3, -0.25) is 4.79 Å². The molecule has 18 heavy (non-hydrogen) atoms. The zero-order chi connectivity index (χ0) is 13.6. The molecule has 0 aromatic heterocycles. The van der Waals surface area contributed by atoms with E-state index in [0.29, 0.717) is 13.0 Å². The molecule has 0 unspecified atom stereocenters. The Labute approximate surface area is 110 Å². The first-order chi connectivity index (χ1) is 8.49. The second kappa shape index (κ2) is 6.55. The van der Waals surface area contributed by atoms with Crippen LogP contribution in [0, 0.1) is 0 Å². The molecule has 0 aliphatic heterocycles. The van der Waals surface area contributed by atoms with Gasteiger partial charge in [0.05, 0.1) is 0 Å². The van der Waals surface area contributed by atoms with Crippen molar-refractivity contribution in [2.24, 2.45) is 5.73 Å². The van der Waals surface area contributed by atoms with E-state index < -0.39 is 0 Å². The van der Waals surface area contributed by atoms with Crippen molar-refractivity contribution in [1.29, 1.82) is 0 Å². The Kier molecular flexibility index (Phi) is 5.35. The maximum absolute atomic E-state index is 11.6. The van der Waals surface area contributed by atoms with Crippen molar-refractivity contribution in [2.75, 3.05) is 11.9 Å². The summed E-state index contributed by atoms with van der Waals surface area (Å²) < 4.78 is 0. The van der Waals surface area contributed by atoms with Gasteiger partial charge in [-0.25, -0.2) is 0 Å². The van der Waals surface area contributed by atoms with Crippen molar-refractivity contribution in [3.63, 3.8) is 0 Å². The summed E-state index contributed by atoms with van der Waals surface area (Å²) in [6.45, 7) is 6.91. The van der Waals surface area contributed by atoms with Gasteiger partial charge in [-0.05, 0) is 24.1 Å². The second-order valence-electron chi connectivity index (χ2n) is 5.32. The number of carbonyl (C=O) groups is 1. The fraction of sp³-hybridized carbons (Fsp3) is 0.533. The summed E-state index contributed by atoms with van der Waals surface area (Å²) in [4.78, 5) is 11.6. The molecule has 0 saturated heterocycles. The average molecular weight is 248 g/mol. The highest BCUT2D eigenvalue weighted by Gasteiger charge is 2.17. The summed E-state index contributed by atoms with van der Waals surface area (Å²) in [6, 6.07) is 7.94. The topological polar surface area (TPSA) is 55.1 Å². The molecular weight excluding hydrogens is 224 g/mol. The van der Waals surface area contributed by atoms with Gasteiger partial charge >= 0.3 is 0 Å². The second-order valence-corrected chi connectivity index (χ2v) is 5.32. The predicted octanol–water partition coefficient (Wildman–Crippen LogP) is 3.05. The smallest absolute Gasteiger partial charge is 0.224 e. The minimum Gasteiger partial charge on any atom is -0.330 e. The molecule has 0 aliphatic rings. The zero-order valence-corrected chi connectivity index (χ0v) is 11.6. The monoisotopic (exact) mass is 248 g/mol. The van der Waals surface area contributed by atoms with Crippen molar-refractivity contribution in [3.05, 3.63) is 29.8 Å². The molecule has 0 fully saturated rings. The van der Waals surface area contributed by atoms with Crippen LogP contribution in [0.5, 0.6) is 0 Å². The van der Waals surface area contributed by atoms with Crippen LogP contribution in [0.3, 0.4) is 0 Å². The molecule has 0 radical (unpaired) electrons. The fourth-order valence-corrected chi connectivity index (χ4v) is 1.68. The normalized spacial score (nSPS) is 11.3. The fourth-order valence-electron chi connectivity index (χ4n) is 1.68. The summed E-state index contributed by atoms with van der Waals surface area (Å²) in [7, 11) is 0. The maximum Gasteiger partial charge on any atom is 0.224 e. The molecule has 3 nitrogen and oxygen atoms in total. The molecule has 0 heterocycles. The lowest BCUT2D eigenvalue weighted by molar-refractivity contribution is -0.116. The van der Waals surface area contributed by atoms with E-state index in [0.717, 1.165) is 18.5 Å². The molecule has 3 N–H and O–H groups in total. The number of nitrogens with two attached hydrogens (primary N) is 1. The standard InChI is InChI=1S/C15H24N2O/c1-4-5-6-14(18)17-13-9-7-12(8-10-13)15(2,3)11-16/h7-10H,4-6,11,16H2,1-3H3,(H,17,18). The number of amides is 1. The van der Waals surface area contributed by atoms with E-state index in [9.17, 15) is 4.79 Å². The highest BCUT2D eigenvalue weighted by molar-refractivity contribution is 5.90. The van der Waals surface area contributed by atoms with Crippen LogP contribution in [0.15, 0.2) is 24.3 Å². The lowest BCUT2D eigenvalue weighted by atomic mass is 9.85. The molecule has 1 rings (SSSR count). The zero-order valence-electron chi connectivity index (χ0n) is 11.6. The molecule has 1 aromatic carbocycles. The van der Waals surface area contributed by atoms with Crippen LogP contribution < -0.4 is 11.1 Å². The molecule has 100 valence electrons. The quantitative estimate of drug-likeness (QED) is 0.813. The molecule has 0 spiro atoms. The Hall–Kier alpha value is -1.35. The Morgan fingerprint density at radius 3 is 2.39 bits per heavy atom. The summed E-state index contributed by atoms with van der Waals surface area (Å²) in [5, 5.41) is 2.90. The molecule has 0 aliphatic carbocycles. The molecule has 1 aromatic rings. The van der Waals surface area contributed by atoms with Gasteiger partial charge in [0.25, 0.3) is 0 Å². The van der Waals surface area contributed by atoms with Crippen LogP contribution in [0.25, 0.3) is 0 Å². The Balaban J connectivity index is 2.63. The highest BCUT2D eigenvalue weighted by atomic mass is 16.1. The summed E-state index contributed by atoms with van der Waals surface area (Å²) in [5.74, 6) is 0.0858. The van der Waals surface area contributed by atoms with Crippen LogP contribution in [0.2, 0.25) is 0 Å². The lowest BCUT2D eigenvalue weighted by Gasteiger charge is -2.23. The van der Waals surface area contributed by atoms with E-state index >= 15 is 0 Å². The van der Waals surface area contributed by atoms with Crippen molar-refractivity contribution < 1.29 is 4.79 Å². The van der Waals surface area contributed by atoms with Crippen LogP contribution in [0.4, 0.5) is 5.69 Å². The van der Waals surface area contributed by atoms with Crippen LogP contribution in [-0.4, -0.2) is 12.5 Å². The Morgan fingerprint density at radius 1 is 1.28 bits per heavy atom. The first kappa shape index (κ1) is 14.7. The van der Waals surface area contributed by atoms with Crippen molar-refractivity contribution in [1.82, 2.24) is 0 Å². The average Bonchev–Trinajstić information content (AvgIpc) is 2.37. The van der Waals surface area contributed by atoms with E-state index in [2.05, 4.69) is 26.1 Å². The molecular formula is C15H24N2O. The summed E-state index contributed by atoms with van der Waals surface area (Å²) in [6.07, 6.45) is 2.56. The third kappa shape index (κ3) is 4.15. The number of unbranched alkanes of at least 4 members (excludes halogenated alkanes) is 1. The van der Waals surface area contributed by atoms with E-state index in [-0.39, 0.29) is 11.3 Å². The molecule has 3 heteroatoms. The number of nitrogens with one attached hydrogen (secondary N) is 1. The van der Waals surface area contributed by atoms with Crippen LogP contribution in [0.1, 0.15) is 45.6 Å². The third-order valence-electron chi connectivity index (χ3n) is 3.22. The lowest BCUT2D eigenvalue weighted by Crippen LogP contribution is -2.27. The SMILES string of the molecule is CCCCC(=O)Nc1ccc(C(C)(C)CN)cc1. The number of carbonyl (C=O) groups excluding carboxylic acids is 1. The highest BCUT2D eigenvalue weighted by Crippen LogP contribution is 2.23. The van der Waals surface area contributed by atoms with Crippen LogP contribution >= 0.6 is 0 Å².